The maximum atomic E-state index is 12.0. The van der Waals surface area contributed by atoms with E-state index in [1.54, 1.807) is 12.1 Å². The summed E-state index contributed by atoms with van der Waals surface area (Å²) in [6.45, 7) is 1.91. The minimum Gasteiger partial charge on any atom is -0.493 e. The highest BCUT2D eigenvalue weighted by Gasteiger charge is 2.09. The van der Waals surface area contributed by atoms with Crippen LogP contribution in [0, 0.1) is 0 Å². The highest BCUT2D eigenvalue weighted by molar-refractivity contribution is 7.80. The van der Waals surface area contributed by atoms with Gasteiger partial charge in [0.15, 0.2) is 23.2 Å². The Morgan fingerprint density at radius 1 is 1.10 bits per heavy atom. The number of carbonyl (C=O) groups excluding carboxylic acids is 2. The Balaban J connectivity index is 1.76. The Hall–Kier alpha value is -3.13. The van der Waals surface area contributed by atoms with E-state index >= 15 is 0 Å². The largest absolute Gasteiger partial charge is 0.493 e. The monoisotopic (exact) mass is 415 g/mol. The van der Waals surface area contributed by atoms with Gasteiger partial charge in [0.2, 0.25) is 0 Å². The summed E-state index contributed by atoms with van der Waals surface area (Å²) >= 11 is 5.17. The molecule has 154 valence electrons. The van der Waals surface area contributed by atoms with Crippen molar-refractivity contribution in [1.29, 1.82) is 0 Å². The summed E-state index contributed by atoms with van der Waals surface area (Å²) in [4.78, 5) is 22.8. The molecular formula is C21H25N3O4S. The summed E-state index contributed by atoms with van der Waals surface area (Å²) in [6, 6.07) is 12.7. The summed E-state index contributed by atoms with van der Waals surface area (Å²) in [5.41, 5.74) is 7.64. The average Bonchev–Trinajstić information content (AvgIpc) is 2.75. The second-order valence-electron chi connectivity index (χ2n) is 6.24. The minimum atomic E-state index is -0.425. The summed E-state index contributed by atoms with van der Waals surface area (Å²) in [6.07, 6.45) is 4.08. The van der Waals surface area contributed by atoms with Gasteiger partial charge in [0.1, 0.15) is 6.29 Å². The number of ether oxygens (including phenoxy) is 2. The molecule has 0 spiro atoms. The molecule has 2 aromatic rings. The van der Waals surface area contributed by atoms with Gasteiger partial charge in [0, 0.05) is 11.3 Å². The van der Waals surface area contributed by atoms with Crippen LogP contribution in [-0.2, 0) is 11.2 Å². The first-order valence-corrected chi connectivity index (χ1v) is 9.67. The first kappa shape index (κ1) is 22.2. The third-order valence-corrected chi connectivity index (χ3v) is 4.23. The van der Waals surface area contributed by atoms with Crippen LogP contribution in [0.5, 0.6) is 11.5 Å². The van der Waals surface area contributed by atoms with E-state index in [-0.39, 0.29) is 11.7 Å². The molecule has 7 nitrogen and oxygen atoms in total. The lowest BCUT2D eigenvalue weighted by atomic mass is 10.1. The fraction of sp³-hybridized carbons (Fsp3) is 0.286. The summed E-state index contributed by atoms with van der Waals surface area (Å²) in [5.74, 6) is 0.303. The summed E-state index contributed by atoms with van der Waals surface area (Å²) in [5, 5.41) is 3.25. The molecule has 0 aromatic heterocycles. The molecule has 0 aliphatic heterocycles. The van der Waals surface area contributed by atoms with E-state index in [1.807, 2.05) is 12.1 Å². The highest BCUT2D eigenvalue weighted by Crippen LogP contribution is 2.27. The van der Waals surface area contributed by atoms with Crippen LogP contribution in [-0.4, -0.2) is 31.0 Å². The van der Waals surface area contributed by atoms with Gasteiger partial charge in [-0.15, -0.1) is 0 Å². The lowest BCUT2D eigenvalue weighted by molar-refractivity contribution is -0.123. The SMILES string of the molecule is CCCCc1ccc(NC(=S)NNC(=O)COc2ccc(C=O)cc2OC)cc1. The molecule has 0 aliphatic rings. The number of anilines is 1. The lowest BCUT2D eigenvalue weighted by Gasteiger charge is -2.13. The number of hydrogen-bond acceptors (Lipinski definition) is 5. The van der Waals surface area contributed by atoms with E-state index in [2.05, 4.69) is 35.2 Å². The standard InChI is InChI=1S/C21H25N3O4S/c1-3-4-5-15-6-9-17(10-7-15)22-21(29)24-23-20(26)14-28-18-11-8-16(13-25)12-19(18)27-2/h6-13H,3-5,14H2,1-2H3,(H,23,26)(H2,22,24,29). The number of amides is 1. The molecule has 0 radical (unpaired) electrons. The van der Waals surface area contributed by atoms with Crippen molar-refractivity contribution >= 4 is 35.2 Å². The van der Waals surface area contributed by atoms with Gasteiger partial charge >= 0.3 is 0 Å². The van der Waals surface area contributed by atoms with E-state index < -0.39 is 5.91 Å². The number of hydrogen-bond donors (Lipinski definition) is 3. The van der Waals surface area contributed by atoms with Crippen molar-refractivity contribution in [2.75, 3.05) is 19.0 Å². The topological polar surface area (TPSA) is 88.7 Å². The molecule has 0 saturated carbocycles. The van der Waals surface area contributed by atoms with Gasteiger partial charge in [-0.25, -0.2) is 0 Å². The number of methoxy groups -OCH3 is 1. The fourth-order valence-corrected chi connectivity index (χ4v) is 2.65. The van der Waals surface area contributed by atoms with Crippen LogP contribution in [0.25, 0.3) is 0 Å². The first-order chi connectivity index (χ1) is 14.0. The van der Waals surface area contributed by atoms with Gasteiger partial charge in [-0.05, 0) is 61.0 Å². The molecule has 8 heteroatoms. The molecule has 0 saturated heterocycles. The number of carbonyl (C=O) groups is 2. The summed E-state index contributed by atoms with van der Waals surface area (Å²) < 4.78 is 10.6. The Morgan fingerprint density at radius 2 is 1.86 bits per heavy atom. The second kappa shape index (κ2) is 11.7. The summed E-state index contributed by atoms with van der Waals surface area (Å²) in [7, 11) is 1.46. The van der Waals surface area contributed by atoms with Crippen LogP contribution in [0.3, 0.4) is 0 Å². The predicted octanol–water partition coefficient (Wildman–Crippen LogP) is 3.25. The number of thiocarbonyl (C=S) groups is 1. The quantitative estimate of drug-likeness (QED) is 0.329. The molecular weight excluding hydrogens is 390 g/mol. The van der Waals surface area contributed by atoms with Gasteiger partial charge in [0.05, 0.1) is 7.11 Å². The van der Waals surface area contributed by atoms with Crippen LogP contribution in [0.1, 0.15) is 35.7 Å². The molecule has 29 heavy (non-hydrogen) atoms. The van der Waals surface area contributed by atoms with Gasteiger partial charge in [-0.1, -0.05) is 25.5 Å². The Morgan fingerprint density at radius 3 is 2.52 bits per heavy atom. The zero-order valence-corrected chi connectivity index (χ0v) is 17.3. The molecule has 2 rings (SSSR count). The van der Waals surface area contributed by atoms with E-state index in [1.165, 1.54) is 18.7 Å². The van der Waals surface area contributed by atoms with E-state index in [0.29, 0.717) is 23.3 Å². The highest BCUT2D eigenvalue weighted by atomic mass is 32.1. The Bertz CT molecular complexity index is 840. The lowest BCUT2D eigenvalue weighted by Crippen LogP contribution is -2.45. The molecule has 1 amide bonds. The van der Waals surface area contributed by atoms with Gasteiger partial charge in [0.25, 0.3) is 5.91 Å². The number of aldehydes is 1. The van der Waals surface area contributed by atoms with Gasteiger partial charge in [-0.2, -0.15) is 0 Å². The van der Waals surface area contributed by atoms with Crippen LogP contribution in [0.15, 0.2) is 42.5 Å². The molecule has 0 unspecified atom stereocenters. The van der Waals surface area contributed by atoms with Crippen molar-refractivity contribution in [2.45, 2.75) is 26.2 Å². The molecule has 0 aliphatic carbocycles. The second-order valence-corrected chi connectivity index (χ2v) is 6.65. The number of nitrogens with one attached hydrogen (secondary N) is 3. The van der Waals surface area contributed by atoms with Crippen molar-refractivity contribution in [3.63, 3.8) is 0 Å². The van der Waals surface area contributed by atoms with E-state index in [4.69, 9.17) is 21.7 Å². The van der Waals surface area contributed by atoms with Crippen LogP contribution in [0.2, 0.25) is 0 Å². The average molecular weight is 416 g/mol. The Kier molecular flexibility index (Phi) is 8.91. The molecule has 0 heterocycles. The number of aryl methyl sites for hydroxylation is 1. The fourth-order valence-electron chi connectivity index (χ4n) is 2.48. The maximum absolute atomic E-state index is 12.0. The predicted molar refractivity (Wildman–Crippen MR) is 116 cm³/mol. The van der Waals surface area contributed by atoms with Gasteiger partial charge < -0.3 is 14.8 Å². The molecule has 0 bridgehead atoms. The molecule has 0 fully saturated rings. The first-order valence-electron chi connectivity index (χ1n) is 9.26. The normalized spacial score (nSPS) is 10.0. The van der Waals surface area contributed by atoms with Crippen LogP contribution >= 0.6 is 12.2 Å². The van der Waals surface area contributed by atoms with Crippen molar-refractivity contribution in [2.24, 2.45) is 0 Å². The van der Waals surface area contributed by atoms with E-state index in [9.17, 15) is 9.59 Å². The van der Waals surface area contributed by atoms with E-state index in [0.717, 1.165) is 24.9 Å². The minimum absolute atomic E-state index is 0.251. The zero-order valence-electron chi connectivity index (χ0n) is 16.5. The molecule has 2 aromatic carbocycles. The van der Waals surface area contributed by atoms with Crippen LogP contribution in [0.4, 0.5) is 5.69 Å². The zero-order chi connectivity index (χ0) is 21.1. The van der Waals surface area contributed by atoms with Crippen molar-refractivity contribution in [3.8, 4) is 11.5 Å². The van der Waals surface area contributed by atoms with Crippen molar-refractivity contribution in [1.82, 2.24) is 10.9 Å². The third kappa shape index (κ3) is 7.42. The van der Waals surface area contributed by atoms with Gasteiger partial charge in [-0.3, -0.25) is 20.4 Å². The van der Waals surface area contributed by atoms with Crippen molar-refractivity contribution < 1.29 is 19.1 Å². The number of benzene rings is 2. The Labute approximate surface area is 175 Å². The molecule has 0 atom stereocenters. The number of rotatable bonds is 9. The number of unbranched alkanes of at least 4 members (excludes halogenated alkanes) is 1. The third-order valence-electron chi connectivity index (χ3n) is 4.03. The maximum Gasteiger partial charge on any atom is 0.276 e. The number of hydrazine groups is 1. The van der Waals surface area contributed by atoms with Crippen molar-refractivity contribution in [3.05, 3.63) is 53.6 Å². The molecule has 3 N–H and O–H groups in total. The smallest absolute Gasteiger partial charge is 0.276 e. The van der Waals surface area contributed by atoms with Crippen LogP contribution < -0.4 is 25.6 Å².